The third-order valence-corrected chi connectivity index (χ3v) is 8.15. The normalized spacial score (nSPS) is 17.4. The predicted octanol–water partition coefficient (Wildman–Crippen LogP) is 12.8. The van der Waals surface area contributed by atoms with Crippen molar-refractivity contribution in [2.75, 3.05) is 32.7 Å². The van der Waals surface area contributed by atoms with E-state index in [4.69, 9.17) is 4.74 Å². The molecule has 1 saturated heterocycles. The van der Waals surface area contributed by atoms with Gasteiger partial charge in [-0.2, -0.15) is 0 Å². The van der Waals surface area contributed by atoms with E-state index < -0.39 is 0 Å². The maximum absolute atomic E-state index is 12.0. The van der Waals surface area contributed by atoms with Gasteiger partial charge in [0.2, 0.25) is 0 Å². The van der Waals surface area contributed by atoms with Crippen molar-refractivity contribution in [2.24, 2.45) is 5.92 Å². The van der Waals surface area contributed by atoms with Crippen molar-refractivity contribution >= 4 is 0 Å². The topological polar surface area (TPSA) is 24.5 Å². The number of rotatable bonds is 15. The van der Waals surface area contributed by atoms with Crippen molar-refractivity contribution in [3.8, 4) is 0 Å². The highest BCUT2D eigenvalue weighted by Gasteiger charge is 2.24. The van der Waals surface area contributed by atoms with Gasteiger partial charge in [-0.25, -0.2) is 4.39 Å². The largest absolute Gasteiger partial charge is 0.374 e. The maximum atomic E-state index is 12.0. The Morgan fingerprint density at radius 2 is 1.58 bits per heavy atom. The first-order valence-electron chi connectivity index (χ1n) is 18.7. The highest BCUT2D eigenvalue weighted by Crippen LogP contribution is 2.38. The molecule has 1 fully saturated rings. The first-order valence-corrected chi connectivity index (χ1v) is 18.7. The molecular weight excluding hydrogens is 591 g/mol. The molecule has 3 unspecified atom stereocenters. The van der Waals surface area contributed by atoms with Crippen molar-refractivity contribution < 1.29 is 9.13 Å². The molecule has 1 aliphatic heterocycles. The smallest absolute Gasteiger partial charge is 0.121 e. The molecule has 2 rings (SSSR count). The Kier molecular flexibility index (Phi) is 29.5. The Hall–Kier alpha value is -2.27. The summed E-state index contributed by atoms with van der Waals surface area (Å²) in [6.07, 6.45) is 20.3. The van der Waals surface area contributed by atoms with Gasteiger partial charge in [-0.05, 0) is 166 Å². The molecule has 0 radical (unpaired) electrons. The Morgan fingerprint density at radius 3 is 2.00 bits per heavy atom. The molecule has 48 heavy (non-hydrogen) atoms. The molecule has 0 aromatic heterocycles. The number of hydrogen-bond acceptors (Lipinski definition) is 3. The summed E-state index contributed by atoms with van der Waals surface area (Å²) in [4.78, 5) is 2.62. The van der Waals surface area contributed by atoms with Crippen LogP contribution in [0.3, 0.4) is 0 Å². The van der Waals surface area contributed by atoms with Crippen LogP contribution in [0, 0.1) is 5.92 Å². The summed E-state index contributed by atoms with van der Waals surface area (Å²) in [5.41, 5.74) is 9.03. The van der Waals surface area contributed by atoms with Gasteiger partial charge >= 0.3 is 0 Å². The highest BCUT2D eigenvalue weighted by molar-refractivity contribution is 5.56. The van der Waals surface area contributed by atoms with Gasteiger partial charge in [0.15, 0.2) is 0 Å². The zero-order valence-electron chi connectivity index (χ0n) is 33.7. The van der Waals surface area contributed by atoms with Crippen molar-refractivity contribution in [2.45, 2.75) is 147 Å². The van der Waals surface area contributed by atoms with Gasteiger partial charge in [-0.3, -0.25) is 0 Å². The predicted molar refractivity (Wildman–Crippen MR) is 215 cm³/mol. The molecule has 0 aromatic carbocycles. The van der Waals surface area contributed by atoms with E-state index in [0.717, 1.165) is 25.8 Å². The second-order valence-corrected chi connectivity index (χ2v) is 13.9. The maximum Gasteiger partial charge on any atom is 0.121 e. The first-order chi connectivity index (χ1) is 22.7. The Balaban J connectivity index is 0. The summed E-state index contributed by atoms with van der Waals surface area (Å²) in [6.45, 7) is 41.8. The lowest BCUT2D eigenvalue weighted by Crippen LogP contribution is -2.38. The fourth-order valence-electron chi connectivity index (χ4n) is 5.70. The summed E-state index contributed by atoms with van der Waals surface area (Å²) in [6, 6.07) is 0. The summed E-state index contributed by atoms with van der Waals surface area (Å²) in [5, 5.41) is 3.28. The second-order valence-electron chi connectivity index (χ2n) is 13.9. The Bertz CT molecular complexity index is 1050. The molecule has 1 aliphatic carbocycles. The quantitative estimate of drug-likeness (QED) is 0.107. The van der Waals surface area contributed by atoms with Gasteiger partial charge < -0.3 is 15.0 Å². The number of nitrogens with zero attached hydrogens (tertiary/aromatic N) is 1. The first kappa shape index (κ1) is 47.8. The lowest BCUT2D eigenvalue weighted by atomic mass is 9.78. The van der Waals surface area contributed by atoms with Crippen molar-refractivity contribution in [3.05, 3.63) is 95.0 Å². The number of allylic oxidation sites excluding steroid dienone is 13. The monoisotopic (exact) mass is 669 g/mol. The number of nitrogens with one attached hydrogen (secondary N) is 1. The fraction of sp³-hybridized carbons (Fsp3) is 0.636. The average Bonchev–Trinajstić information content (AvgIpc) is 3.03. The van der Waals surface area contributed by atoms with Crippen molar-refractivity contribution in [3.63, 3.8) is 0 Å². The molecule has 3 nitrogen and oxygen atoms in total. The summed E-state index contributed by atoms with van der Waals surface area (Å²) < 4.78 is 18.5. The molecule has 1 heterocycles. The van der Waals surface area contributed by atoms with Crippen molar-refractivity contribution in [1.29, 1.82) is 0 Å². The minimum Gasteiger partial charge on any atom is -0.374 e. The molecule has 4 heteroatoms. The van der Waals surface area contributed by atoms with Crippen LogP contribution in [0.5, 0.6) is 0 Å². The zero-order valence-corrected chi connectivity index (χ0v) is 33.7. The average molecular weight is 669 g/mol. The van der Waals surface area contributed by atoms with Gasteiger partial charge in [0.1, 0.15) is 5.83 Å². The molecule has 0 amide bonds. The van der Waals surface area contributed by atoms with E-state index in [1.54, 1.807) is 13.8 Å². The lowest BCUT2D eigenvalue weighted by Gasteiger charge is -2.32. The Labute approximate surface area is 299 Å². The molecule has 1 N–H and O–H groups in total. The van der Waals surface area contributed by atoms with Crippen molar-refractivity contribution in [1.82, 2.24) is 10.2 Å². The van der Waals surface area contributed by atoms with Crippen LogP contribution in [0.15, 0.2) is 95.0 Å². The summed E-state index contributed by atoms with van der Waals surface area (Å²) in [7, 11) is 0. The number of hydrogen-bond donors (Lipinski definition) is 1. The minimum atomic E-state index is -0.222. The molecule has 276 valence electrons. The van der Waals surface area contributed by atoms with Crippen LogP contribution in [0.25, 0.3) is 0 Å². The van der Waals surface area contributed by atoms with Crippen LogP contribution in [0.1, 0.15) is 134 Å². The van der Waals surface area contributed by atoms with Gasteiger partial charge in [-0.1, -0.05) is 82.7 Å². The van der Waals surface area contributed by atoms with Gasteiger partial charge in [0.25, 0.3) is 0 Å². The second kappa shape index (κ2) is 29.6. The molecule has 0 aromatic rings. The van der Waals surface area contributed by atoms with Crippen LogP contribution in [0.2, 0.25) is 0 Å². The van der Waals surface area contributed by atoms with Crippen LogP contribution in [0.4, 0.5) is 4.39 Å². The molecule has 2 aliphatic rings. The van der Waals surface area contributed by atoms with E-state index in [2.05, 4.69) is 104 Å². The molecule has 0 spiro atoms. The van der Waals surface area contributed by atoms with E-state index in [1.165, 1.54) is 97.8 Å². The highest BCUT2D eigenvalue weighted by atomic mass is 19.1. The van der Waals surface area contributed by atoms with E-state index in [9.17, 15) is 4.39 Å². The van der Waals surface area contributed by atoms with E-state index >= 15 is 0 Å². The summed E-state index contributed by atoms with van der Waals surface area (Å²) >= 11 is 0. The third kappa shape index (κ3) is 23.1. The molecule has 0 bridgehead atoms. The third-order valence-electron chi connectivity index (χ3n) is 8.15. The van der Waals surface area contributed by atoms with Gasteiger partial charge in [-0.15, -0.1) is 6.58 Å². The molecule has 3 atom stereocenters. The summed E-state index contributed by atoms with van der Waals surface area (Å²) in [5.74, 6) is 0.252. The Morgan fingerprint density at radius 1 is 1.02 bits per heavy atom. The van der Waals surface area contributed by atoms with Gasteiger partial charge in [0.05, 0.1) is 12.2 Å². The van der Waals surface area contributed by atoms with E-state index in [0.29, 0.717) is 23.7 Å². The van der Waals surface area contributed by atoms with Crippen LogP contribution in [-0.2, 0) is 4.74 Å². The lowest BCUT2D eigenvalue weighted by molar-refractivity contribution is -0.0277. The molecule has 0 saturated carbocycles. The van der Waals surface area contributed by atoms with Gasteiger partial charge in [0, 0.05) is 6.54 Å². The van der Waals surface area contributed by atoms with Crippen LogP contribution >= 0.6 is 0 Å². The minimum absolute atomic E-state index is 0.222. The number of likely N-dealkylation sites (tertiary alicyclic amines) is 1. The number of piperidine rings is 1. The molecular formula is C44H77FN2O. The number of ether oxygens (including phenoxy) is 1. The van der Waals surface area contributed by atoms with Crippen LogP contribution in [-0.4, -0.2) is 49.8 Å². The SMILES string of the molecule is C=C(C)C.C=C/C=C\C1=C(C)C(=C(C)C)C(C)C=C1CCC(CN1CCCCC1)OC(C)CC.C=CC(F)=C(C)C.CCCNCCC. The fourth-order valence-corrected chi connectivity index (χ4v) is 5.70. The van der Waals surface area contributed by atoms with E-state index in [-0.39, 0.29) is 5.83 Å². The number of halogens is 1. The standard InChI is InChI=1S/C28H45NO.C6H9F.C6H15N.C4H8/c1-8-10-14-27-24(7)28(21(3)4)22(5)19-25(27)15-16-26(30-23(6)9-2)20-29-17-12-11-13-18-29;1-4-6(7)5(2)3;1-3-5-7-6-4-2;1-4(2)3/h8,10,14,19,22-23,26H,1,9,11-13,15-18,20H2,2-7H3;4H,1H2,2-3H3;7H,3-6H2,1-2H3;1H2,2-3H3/b14-10-;;;. The van der Waals surface area contributed by atoms with Crippen LogP contribution < -0.4 is 5.32 Å². The van der Waals surface area contributed by atoms with E-state index in [1.807, 2.05) is 19.9 Å². The zero-order chi connectivity index (χ0) is 37.1.